The van der Waals surface area contributed by atoms with Gasteiger partial charge in [0, 0.05) is 43.7 Å². The molecule has 1 N–H and O–H groups in total. The molecule has 3 aromatic rings. The molecule has 1 amide bonds. The molecule has 9 heteroatoms. The molecule has 1 aliphatic rings. The maximum Gasteiger partial charge on any atom is 0.252 e. The van der Waals surface area contributed by atoms with Crippen LogP contribution in [-0.4, -0.2) is 41.3 Å². The number of hydrogen-bond acceptors (Lipinski definition) is 4. The molecule has 168 valence electrons. The van der Waals surface area contributed by atoms with Gasteiger partial charge in [0.1, 0.15) is 17.7 Å². The first-order valence-corrected chi connectivity index (χ1v) is 11.9. The predicted octanol–water partition coefficient (Wildman–Crippen LogP) is 3.25. The predicted molar refractivity (Wildman–Crippen MR) is 118 cm³/mol. The van der Waals surface area contributed by atoms with E-state index >= 15 is 0 Å². The zero-order valence-corrected chi connectivity index (χ0v) is 18.6. The molecule has 1 unspecified atom stereocenters. The third-order valence-electron chi connectivity index (χ3n) is 5.66. The van der Waals surface area contributed by atoms with E-state index in [1.807, 2.05) is 0 Å². The highest BCUT2D eigenvalue weighted by molar-refractivity contribution is 7.89. The van der Waals surface area contributed by atoms with Crippen molar-refractivity contribution in [3.05, 3.63) is 83.7 Å². The molecule has 32 heavy (non-hydrogen) atoms. The molecule has 1 aromatic heterocycles. The van der Waals surface area contributed by atoms with Gasteiger partial charge in [0.2, 0.25) is 10.0 Å². The minimum Gasteiger partial charge on any atom is -0.338 e. The normalized spacial score (nSPS) is 15.9. The van der Waals surface area contributed by atoms with Crippen molar-refractivity contribution in [2.24, 2.45) is 7.05 Å². The summed E-state index contributed by atoms with van der Waals surface area (Å²) in [5.74, 6) is -0.528. The van der Waals surface area contributed by atoms with E-state index < -0.39 is 27.8 Å². The first-order valence-electron chi connectivity index (χ1n) is 10.5. The topological polar surface area (TPSA) is 84.3 Å². The summed E-state index contributed by atoms with van der Waals surface area (Å²) in [6, 6.07) is 11.3. The Bertz CT molecular complexity index is 1220. The van der Waals surface area contributed by atoms with Crippen molar-refractivity contribution in [1.82, 2.24) is 19.2 Å². The SMILES string of the molecule is Cn1ccnc1C(NC(=O)c1cccc(S(=O)(=O)N2CCCCC2)c1)c1ccccc1F. The van der Waals surface area contributed by atoms with Gasteiger partial charge in [-0.25, -0.2) is 17.8 Å². The van der Waals surface area contributed by atoms with Gasteiger partial charge < -0.3 is 9.88 Å². The van der Waals surface area contributed by atoms with Gasteiger partial charge in [-0.2, -0.15) is 4.31 Å². The number of aromatic nitrogens is 2. The number of nitrogens with one attached hydrogen (secondary N) is 1. The van der Waals surface area contributed by atoms with Crippen LogP contribution in [0.15, 0.2) is 65.8 Å². The van der Waals surface area contributed by atoms with Crippen LogP contribution < -0.4 is 5.32 Å². The van der Waals surface area contributed by atoms with Gasteiger partial charge >= 0.3 is 0 Å². The number of sulfonamides is 1. The fourth-order valence-corrected chi connectivity index (χ4v) is 5.48. The van der Waals surface area contributed by atoms with Crippen molar-refractivity contribution in [3.63, 3.8) is 0 Å². The Kier molecular flexibility index (Phi) is 6.38. The smallest absolute Gasteiger partial charge is 0.252 e. The maximum absolute atomic E-state index is 14.6. The van der Waals surface area contributed by atoms with E-state index in [4.69, 9.17) is 0 Å². The van der Waals surface area contributed by atoms with Crippen LogP contribution in [0.4, 0.5) is 4.39 Å². The van der Waals surface area contributed by atoms with Crippen LogP contribution in [0.1, 0.15) is 47.1 Å². The number of carbonyl (C=O) groups excluding carboxylic acids is 1. The van der Waals surface area contributed by atoms with Crippen LogP contribution in [-0.2, 0) is 17.1 Å². The second kappa shape index (κ2) is 9.22. The number of amides is 1. The molecule has 4 rings (SSSR count). The van der Waals surface area contributed by atoms with Gasteiger partial charge in [0.15, 0.2) is 0 Å². The Hall–Kier alpha value is -3.04. The summed E-state index contributed by atoms with van der Waals surface area (Å²) in [5.41, 5.74) is 0.450. The van der Waals surface area contributed by atoms with E-state index in [1.165, 1.54) is 22.5 Å². The number of carbonyl (C=O) groups is 1. The lowest BCUT2D eigenvalue weighted by atomic mass is 10.0. The van der Waals surface area contributed by atoms with Crippen molar-refractivity contribution in [3.8, 4) is 0 Å². The van der Waals surface area contributed by atoms with Crippen molar-refractivity contribution >= 4 is 15.9 Å². The van der Waals surface area contributed by atoms with Gasteiger partial charge in [-0.15, -0.1) is 0 Å². The highest BCUT2D eigenvalue weighted by Gasteiger charge is 2.28. The van der Waals surface area contributed by atoms with Gasteiger partial charge in [0.25, 0.3) is 5.91 Å². The summed E-state index contributed by atoms with van der Waals surface area (Å²) in [6.07, 6.45) is 5.95. The van der Waals surface area contributed by atoms with Crippen molar-refractivity contribution in [2.75, 3.05) is 13.1 Å². The third-order valence-corrected chi connectivity index (χ3v) is 7.55. The Morgan fingerprint density at radius 3 is 2.53 bits per heavy atom. The molecule has 1 atom stereocenters. The third kappa shape index (κ3) is 4.44. The average Bonchev–Trinajstić information content (AvgIpc) is 3.24. The first-order chi connectivity index (χ1) is 15.4. The first kappa shape index (κ1) is 22.2. The summed E-state index contributed by atoms with van der Waals surface area (Å²) in [6.45, 7) is 0.959. The zero-order valence-electron chi connectivity index (χ0n) is 17.7. The van der Waals surface area contributed by atoms with Crippen molar-refractivity contribution < 1.29 is 17.6 Å². The van der Waals surface area contributed by atoms with E-state index in [1.54, 1.807) is 54.3 Å². The Morgan fingerprint density at radius 1 is 1.09 bits per heavy atom. The number of hydrogen-bond donors (Lipinski definition) is 1. The number of imidazole rings is 1. The van der Waals surface area contributed by atoms with Gasteiger partial charge in [-0.3, -0.25) is 4.79 Å². The molecule has 0 radical (unpaired) electrons. The van der Waals surface area contributed by atoms with Gasteiger partial charge in [-0.05, 0) is 37.1 Å². The van der Waals surface area contributed by atoms with E-state index in [2.05, 4.69) is 10.3 Å². The second-order valence-electron chi connectivity index (χ2n) is 7.82. The zero-order chi connectivity index (χ0) is 22.7. The number of nitrogens with zero attached hydrogens (tertiary/aromatic N) is 3. The molecule has 7 nitrogen and oxygen atoms in total. The molecule has 0 bridgehead atoms. The lowest BCUT2D eigenvalue weighted by Crippen LogP contribution is -2.36. The molecule has 0 saturated carbocycles. The Balaban J connectivity index is 1.64. The molecule has 1 fully saturated rings. The Labute approximate surface area is 186 Å². The van der Waals surface area contributed by atoms with Gasteiger partial charge in [-0.1, -0.05) is 30.7 Å². The summed E-state index contributed by atoms with van der Waals surface area (Å²) >= 11 is 0. The summed E-state index contributed by atoms with van der Waals surface area (Å²) in [7, 11) is -1.92. The fraction of sp³-hybridized carbons (Fsp3) is 0.304. The highest BCUT2D eigenvalue weighted by atomic mass is 32.2. The quantitative estimate of drug-likeness (QED) is 0.617. The molecule has 2 heterocycles. The van der Waals surface area contributed by atoms with Crippen LogP contribution in [0.3, 0.4) is 0 Å². The molecule has 1 aliphatic heterocycles. The van der Waals surface area contributed by atoms with Crippen LogP contribution in [0.5, 0.6) is 0 Å². The second-order valence-corrected chi connectivity index (χ2v) is 9.75. The number of aryl methyl sites for hydroxylation is 1. The monoisotopic (exact) mass is 456 g/mol. The molecule has 0 spiro atoms. The van der Waals surface area contributed by atoms with E-state index in [0.29, 0.717) is 18.9 Å². The number of halogens is 1. The number of rotatable bonds is 6. The van der Waals surface area contributed by atoms with Crippen molar-refractivity contribution in [1.29, 1.82) is 0 Å². The van der Waals surface area contributed by atoms with Gasteiger partial charge in [0.05, 0.1) is 4.90 Å². The number of benzene rings is 2. The summed E-state index contributed by atoms with van der Waals surface area (Å²) < 4.78 is 43.8. The Morgan fingerprint density at radius 2 is 1.84 bits per heavy atom. The average molecular weight is 457 g/mol. The lowest BCUT2D eigenvalue weighted by molar-refractivity contribution is 0.0940. The maximum atomic E-state index is 14.6. The molecule has 2 aromatic carbocycles. The molecular formula is C23H25FN4O3S. The summed E-state index contributed by atoms with van der Waals surface area (Å²) in [4.78, 5) is 17.5. The van der Waals surface area contributed by atoms with Crippen molar-refractivity contribution in [2.45, 2.75) is 30.2 Å². The fourth-order valence-electron chi connectivity index (χ4n) is 3.91. The summed E-state index contributed by atoms with van der Waals surface area (Å²) in [5, 5.41) is 2.82. The molecular weight excluding hydrogens is 431 g/mol. The van der Waals surface area contributed by atoms with E-state index in [9.17, 15) is 17.6 Å². The minimum absolute atomic E-state index is 0.0754. The largest absolute Gasteiger partial charge is 0.338 e. The van der Waals surface area contributed by atoms with Crippen LogP contribution >= 0.6 is 0 Å². The number of piperidine rings is 1. The van der Waals surface area contributed by atoms with E-state index in [0.717, 1.165) is 19.3 Å². The highest BCUT2D eigenvalue weighted by Crippen LogP contribution is 2.25. The standard InChI is InChI=1S/C23H25FN4O3S/c1-27-15-12-25-22(27)21(19-10-3-4-11-20(19)24)26-23(29)17-8-7-9-18(16-17)32(30,31)28-13-5-2-6-14-28/h3-4,7-12,15-16,21H,2,5-6,13-14H2,1H3,(H,26,29). The van der Waals surface area contributed by atoms with Crippen LogP contribution in [0.25, 0.3) is 0 Å². The van der Waals surface area contributed by atoms with E-state index in [-0.39, 0.29) is 16.0 Å². The van der Waals surface area contributed by atoms with Crippen LogP contribution in [0, 0.1) is 5.82 Å². The minimum atomic E-state index is -3.68. The molecule has 1 saturated heterocycles. The molecule has 0 aliphatic carbocycles. The lowest BCUT2D eigenvalue weighted by Gasteiger charge is -2.26. The van der Waals surface area contributed by atoms with Crippen LogP contribution in [0.2, 0.25) is 0 Å².